The minimum Gasteiger partial charge on any atom is -0.477 e. The third-order valence-electron chi connectivity index (χ3n) is 3.18. The first kappa shape index (κ1) is 12.8. The number of nitrogens with one attached hydrogen (secondary N) is 1. The molecule has 1 aliphatic rings. The number of primary amides is 1. The molecule has 5 heteroatoms. The van der Waals surface area contributed by atoms with Gasteiger partial charge in [0.05, 0.1) is 6.61 Å². The van der Waals surface area contributed by atoms with Crippen molar-refractivity contribution >= 4 is 5.91 Å². The van der Waals surface area contributed by atoms with Crippen molar-refractivity contribution in [2.75, 3.05) is 19.7 Å². The summed E-state index contributed by atoms with van der Waals surface area (Å²) in [4.78, 5) is 15.5. The van der Waals surface area contributed by atoms with Gasteiger partial charge in [-0.3, -0.25) is 4.79 Å². The van der Waals surface area contributed by atoms with E-state index in [-0.39, 0.29) is 0 Å². The lowest BCUT2D eigenvalue weighted by atomic mass is 9.99. The first-order valence-corrected chi connectivity index (χ1v) is 6.28. The van der Waals surface area contributed by atoms with Crippen LogP contribution in [0.1, 0.15) is 28.9 Å². The van der Waals surface area contributed by atoms with E-state index in [1.165, 1.54) is 0 Å². The van der Waals surface area contributed by atoms with E-state index in [4.69, 9.17) is 10.5 Å². The maximum atomic E-state index is 11.3. The number of nitrogens with two attached hydrogens (primary N) is 1. The Morgan fingerprint density at radius 2 is 2.22 bits per heavy atom. The van der Waals surface area contributed by atoms with E-state index in [9.17, 15) is 4.79 Å². The number of hydrogen-bond donors (Lipinski definition) is 2. The minimum atomic E-state index is -0.497. The SMILES string of the molecule is Cc1ccc(C(N)=O)c(OCC2CCNCC2)n1. The molecule has 0 unspecified atom stereocenters. The molecule has 1 aliphatic heterocycles. The molecular weight excluding hydrogens is 230 g/mol. The van der Waals surface area contributed by atoms with Gasteiger partial charge in [-0.25, -0.2) is 4.98 Å². The van der Waals surface area contributed by atoms with Crippen molar-refractivity contribution in [3.05, 3.63) is 23.4 Å². The molecule has 1 aromatic heterocycles. The fourth-order valence-corrected chi connectivity index (χ4v) is 2.08. The Kier molecular flexibility index (Phi) is 4.15. The van der Waals surface area contributed by atoms with Crippen LogP contribution in [0.4, 0.5) is 0 Å². The normalized spacial score (nSPS) is 16.5. The fraction of sp³-hybridized carbons (Fsp3) is 0.538. The molecule has 0 aliphatic carbocycles. The summed E-state index contributed by atoms with van der Waals surface area (Å²) >= 11 is 0. The number of aryl methyl sites for hydroxylation is 1. The van der Waals surface area contributed by atoms with Crippen molar-refractivity contribution in [2.45, 2.75) is 19.8 Å². The van der Waals surface area contributed by atoms with Gasteiger partial charge in [0.25, 0.3) is 5.91 Å². The number of nitrogens with zero attached hydrogens (tertiary/aromatic N) is 1. The van der Waals surface area contributed by atoms with Crippen molar-refractivity contribution in [3.8, 4) is 5.88 Å². The van der Waals surface area contributed by atoms with Crippen LogP contribution >= 0.6 is 0 Å². The first-order valence-electron chi connectivity index (χ1n) is 6.28. The van der Waals surface area contributed by atoms with Gasteiger partial charge in [0.2, 0.25) is 5.88 Å². The second kappa shape index (κ2) is 5.82. The molecule has 18 heavy (non-hydrogen) atoms. The Balaban J connectivity index is 2.03. The predicted octanol–water partition coefficient (Wildman–Crippen LogP) is 0.867. The van der Waals surface area contributed by atoms with Crippen LogP contribution in [0, 0.1) is 12.8 Å². The number of ether oxygens (including phenoxy) is 1. The molecular formula is C13H19N3O2. The second-order valence-corrected chi connectivity index (χ2v) is 4.67. The third-order valence-corrected chi connectivity index (χ3v) is 3.18. The maximum Gasteiger partial charge on any atom is 0.254 e. The Labute approximate surface area is 107 Å². The molecule has 0 radical (unpaired) electrons. The summed E-state index contributed by atoms with van der Waals surface area (Å²) in [5, 5.41) is 3.31. The molecule has 98 valence electrons. The van der Waals surface area contributed by atoms with Gasteiger partial charge in [-0.15, -0.1) is 0 Å². The van der Waals surface area contributed by atoms with Gasteiger partial charge in [-0.05, 0) is 50.9 Å². The van der Waals surface area contributed by atoms with Gasteiger partial charge in [0.1, 0.15) is 5.56 Å². The van der Waals surface area contributed by atoms with E-state index in [1.54, 1.807) is 12.1 Å². The van der Waals surface area contributed by atoms with Gasteiger partial charge < -0.3 is 15.8 Å². The molecule has 1 aromatic rings. The smallest absolute Gasteiger partial charge is 0.254 e. The number of carbonyl (C=O) groups excluding carboxylic acids is 1. The predicted molar refractivity (Wildman–Crippen MR) is 68.6 cm³/mol. The summed E-state index contributed by atoms with van der Waals surface area (Å²) in [6, 6.07) is 3.43. The van der Waals surface area contributed by atoms with Crippen molar-refractivity contribution in [2.24, 2.45) is 11.7 Å². The van der Waals surface area contributed by atoms with E-state index in [0.717, 1.165) is 31.6 Å². The van der Waals surface area contributed by atoms with E-state index < -0.39 is 5.91 Å². The summed E-state index contributed by atoms with van der Waals surface area (Å²) in [5.74, 6) is 0.387. The molecule has 1 fully saturated rings. The zero-order valence-corrected chi connectivity index (χ0v) is 10.6. The first-order chi connectivity index (χ1) is 8.66. The third kappa shape index (κ3) is 3.20. The zero-order valence-electron chi connectivity index (χ0n) is 10.6. The molecule has 2 rings (SSSR count). The molecule has 0 spiro atoms. The zero-order chi connectivity index (χ0) is 13.0. The van der Waals surface area contributed by atoms with Crippen LogP contribution in [0.2, 0.25) is 0 Å². The van der Waals surface area contributed by atoms with E-state index >= 15 is 0 Å². The Hall–Kier alpha value is -1.62. The molecule has 0 atom stereocenters. The van der Waals surface area contributed by atoms with Gasteiger partial charge in [0.15, 0.2) is 0 Å². The average Bonchev–Trinajstić information content (AvgIpc) is 2.37. The summed E-state index contributed by atoms with van der Waals surface area (Å²) < 4.78 is 5.68. The van der Waals surface area contributed by atoms with Gasteiger partial charge in [-0.1, -0.05) is 0 Å². The highest BCUT2D eigenvalue weighted by molar-refractivity contribution is 5.95. The highest BCUT2D eigenvalue weighted by atomic mass is 16.5. The number of pyridine rings is 1. The number of carbonyl (C=O) groups is 1. The molecule has 2 heterocycles. The number of piperidine rings is 1. The Morgan fingerprint density at radius 3 is 2.89 bits per heavy atom. The molecule has 0 aromatic carbocycles. The quantitative estimate of drug-likeness (QED) is 0.830. The van der Waals surface area contributed by atoms with Crippen LogP contribution in [0.25, 0.3) is 0 Å². The lowest BCUT2D eigenvalue weighted by Crippen LogP contribution is -2.31. The van der Waals surface area contributed by atoms with Crippen LogP contribution in [-0.2, 0) is 0 Å². The molecule has 1 amide bonds. The standard InChI is InChI=1S/C13H19N3O2/c1-9-2-3-11(12(14)17)13(16-9)18-8-10-4-6-15-7-5-10/h2-3,10,15H,4-8H2,1H3,(H2,14,17). The second-order valence-electron chi connectivity index (χ2n) is 4.67. The van der Waals surface area contributed by atoms with Crippen molar-refractivity contribution in [1.82, 2.24) is 10.3 Å². The minimum absolute atomic E-state index is 0.356. The van der Waals surface area contributed by atoms with Gasteiger partial charge >= 0.3 is 0 Å². The average molecular weight is 249 g/mol. The number of hydrogen-bond acceptors (Lipinski definition) is 4. The molecule has 5 nitrogen and oxygen atoms in total. The lowest BCUT2D eigenvalue weighted by molar-refractivity contribution is 0.0993. The van der Waals surface area contributed by atoms with Crippen molar-refractivity contribution in [1.29, 1.82) is 0 Å². The van der Waals surface area contributed by atoms with Gasteiger partial charge in [-0.2, -0.15) is 0 Å². The van der Waals surface area contributed by atoms with Crippen LogP contribution in [0.3, 0.4) is 0 Å². The number of rotatable bonds is 4. The molecule has 0 saturated carbocycles. The summed E-state index contributed by atoms with van der Waals surface area (Å²) in [6.45, 7) is 4.51. The van der Waals surface area contributed by atoms with Crippen molar-refractivity contribution in [3.63, 3.8) is 0 Å². The Morgan fingerprint density at radius 1 is 1.50 bits per heavy atom. The number of aromatic nitrogens is 1. The van der Waals surface area contributed by atoms with E-state index in [1.807, 2.05) is 6.92 Å². The van der Waals surface area contributed by atoms with Gasteiger partial charge in [0, 0.05) is 5.69 Å². The maximum absolute atomic E-state index is 11.3. The van der Waals surface area contributed by atoms with Crippen LogP contribution in [0.15, 0.2) is 12.1 Å². The van der Waals surface area contributed by atoms with E-state index in [2.05, 4.69) is 10.3 Å². The molecule has 0 bridgehead atoms. The summed E-state index contributed by atoms with van der Waals surface area (Å²) in [5.41, 5.74) is 6.48. The lowest BCUT2D eigenvalue weighted by Gasteiger charge is -2.22. The molecule has 3 N–H and O–H groups in total. The van der Waals surface area contributed by atoms with Crippen LogP contribution in [-0.4, -0.2) is 30.6 Å². The van der Waals surface area contributed by atoms with E-state index in [0.29, 0.717) is 24.0 Å². The Bertz CT molecular complexity index is 428. The number of amides is 1. The monoisotopic (exact) mass is 249 g/mol. The molecule has 1 saturated heterocycles. The highest BCUT2D eigenvalue weighted by Crippen LogP contribution is 2.18. The van der Waals surface area contributed by atoms with Crippen LogP contribution < -0.4 is 15.8 Å². The van der Waals surface area contributed by atoms with Crippen molar-refractivity contribution < 1.29 is 9.53 Å². The summed E-state index contributed by atoms with van der Waals surface area (Å²) in [6.07, 6.45) is 2.19. The topological polar surface area (TPSA) is 77.2 Å². The largest absolute Gasteiger partial charge is 0.477 e. The van der Waals surface area contributed by atoms with Crippen LogP contribution in [0.5, 0.6) is 5.88 Å². The highest BCUT2D eigenvalue weighted by Gasteiger charge is 2.16. The summed E-state index contributed by atoms with van der Waals surface area (Å²) in [7, 11) is 0. The fourth-order valence-electron chi connectivity index (χ4n) is 2.08.